The second kappa shape index (κ2) is 10.9. The molecule has 2 aromatic heterocycles. The minimum Gasteiger partial charge on any atom is -0.508 e. The molecule has 5 rings (SSSR count). The van der Waals surface area contributed by atoms with E-state index in [2.05, 4.69) is 30.5 Å². The molecule has 5 heteroatoms. The number of thiazole rings is 1. The van der Waals surface area contributed by atoms with Crippen molar-refractivity contribution in [3.05, 3.63) is 94.9 Å². The number of para-hydroxylation sites is 1. The molecule has 0 spiro atoms. The molecular formula is C31H30N2O2S. The molecule has 0 radical (unpaired) electrons. The van der Waals surface area contributed by atoms with E-state index in [1.807, 2.05) is 55.5 Å². The summed E-state index contributed by atoms with van der Waals surface area (Å²) in [5.74, 6) is 0.276. The Morgan fingerprint density at radius 2 is 1.75 bits per heavy atom. The zero-order valence-corrected chi connectivity index (χ0v) is 21.5. The summed E-state index contributed by atoms with van der Waals surface area (Å²) >= 11 is 1.58. The number of aryl methyl sites for hydroxylation is 2. The molecule has 0 saturated carbocycles. The highest BCUT2D eigenvalue weighted by atomic mass is 32.1. The van der Waals surface area contributed by atoms with Gasteiger partial charge in [-0.1, -0.05) is 74.7 Å². The molecule has 0 fully saturated rings. The number of aromatic hydroxyl groups is 1. The molecule has 2 heterocycles. The van der Waals surface area contributed by atoms with E-state index in [-0.39, 0.29) is 5.75 Å². The SMILES string of the molecule is CCCCCCc1cc2cc(-c3nc(-c4ccccc4)cs3)c(=Nc3ccccc3C)oc2cc1O. The molecule has 0 aliphatic heterocycles. The fourth-order valence-electron chi connectivity index (χ4n) is 4.33. The summed E-state index contributed by atoms with van der Waals surface area (Å²) in [5.41, 5.74) is 6.82. The van der Waals surface area contributed by atoms with Crippen LogP contribution in [-0.2, 0) is 6.42 Å². The van der Waals surface area contributed by atoms with Crippen LogP contribution in [0.25, 0.3) is 32.8 Å². The molecule has 0 aliphatic carbocycles. The van der Waals surface area contributed by atoms with E-state index in [1.165, 1.54) is 19.3 Å². The van der Waals surface area contributed by atoms with Crippen molar-refractivity contribution in [2.24, 2.45) is 4.99 Å². The lowest BCUT2D eigenvalue weighted by Gasteiger charge is -2.09. The Kier molecular flexibility index (Phi) is 7.28. The summed E-state index contributed by atoms with van der Waals surface area (Å²) in [5, 5.41) is 14.6. The molecule has 0 amide bonds. The minimum absolute atomic E-state index is 0.276. The van der Waals surface area contributed by atoms with Crippen molar-refractivity contribution in [2.75, 3.05) is 0 Å². The third-order valence-corrected chi connectivity index (χ3v) is 7.26. The average Bonchev–Trinajstić information content (AvgIpc) is 3.39. The van der Waals surface area contributed by atoms with E-state index in [0.717, 1.165) is 56.9 Å². The van der Waals surface area contributed by atoms with Gasteiger partial charge in [-0.15, -0.1) is 11.3 Å². The molecule has 182 valence electrons. The predicted molar refractivity (Wildman–Crippen MR) is 149 cm³/mol. The number of unbranched alkanes of at least 4 members (excludes halogenated alkanes) is 3. The van der Waals surface area contributed by atoms with Crippen LogP contribution in [-0.4, -0.2) is 10.1 Å². The number of fused-ring (bicyclic) bond motifs is 1. The first-order valence-corrected chi connectivity index (χ1v) is 13.4. The van der Waals surface area contributed by atoms with Crippen molar-refractivity contribution in [1.82, 2.24) is 4.98 Å². The molecular weight excluding hydrogens is 464 g/mol. The van der Waals surface area contributed by atoms with Gasteiger partial charge in [0.15, 0.2) is 0 Å². The van der Waals surface area contributed by atoms with Gasteiger partial charge in [0.25, 0.3) is 0 Å². The summed E-state index contributed by atoms with van der Waals surface area (Å²) < 4.78 is 6.34. The number of benzene rings is 3. The van der Waals surface area contributed by atoms with E-state index in [9.17, 15) is 5.11 Å². The Morgan fingerprint density at radius 3 is 2.56 bits per heavy atom. The summed E-state index contributed by atoms with van der Waals surface area (Å²) in [7, 11) is 0. The maximum Gasteiger partial charge on any atom is 0.230 e. The highest BCUT2D eigenvalue weighted by Gasteiger charge is 2.14. The van der Waals surface area contributed by atoms with Gasteiger partial charge in [0.05, 0.1) is 16.9 Å². The smallest absolute Gasteiger partial charge is 0.230 e. The van der Waals surface area contributed by atoms with E-state index >= 15 is 0 Å². The number of nitrogens with zero attached hydrogens (tertiary/aromatic N) is 2. The predicted octanol–water partition coefficient (Wildman–Crippen LogP) is 8.59. The lowest BCUT2D eigenvalue weighted by molar-refractivity contribution is 0.464. The summed E-state index contributed by atoms with van der Waals surface area (Å²) in [6.07, 6.45) is 5.48. The molecule has 4 nitrogen and oxygen atoms in total. The fourth-order valence-corrected chi connectivity index (χ4v) is 5.16. The Morgan fingerprint density at radius 1 is 0.944 bits per heavy atom. The van der Waals surface area contributed by atoms with Gasteiger partial charge >= 0.3 is 0 Å². The lowest BCUT2D eigenvalue weighted by atomic mass is 10.0. The van der Waals surface area contributed by atoms with Gasteiger partial charge < -0.3 is 9.52 Å². The fraction of sp³-hybridized carbons (Fsp3) is 0.226. The van der Waals surface area contributed by atoms with Crippen LogP contribution >= 0.6 is 11.3 Å². The zero-order chi connectivity index (χ0) is 24.9. The molecule has 5 aromatic rings. The first-order chi connectivity index (χ1) is 17.6. The van der Waals surface area contributed by atoms with Crippen LogP contribution in [0.1, 0.15) is 43.7 Å². The first kappa shape index (κ1) is 24.0. The van der Waals surface area contributed by atoms with Crippen LogP contribution in [0, 0.1) is 6.92 Å². The maximum absolute atomic E-state index is 10.7. The summed E-state index contributed by atoms with van der Waals surface area (Å²) in [4.78, 5) is 9.83. The number of aromatic nitrogens is 1. The average molecular weight is 495 g/mol. The highest BCUT2D eigenvalue weighted by molar-refractivity contribution is 7.13. The van der Waals surface area contributed by atoms with Crippen molar-refractivity contribution in [2.45, 2.75) is 46.0 Å². The molecule has 0 bridgehead atoms. The third-order valence-electron chi connectivity index (χ3n) is 6.39. The van der Waals surface area contributed by atoms with Crippen LogP contribution in [0.15, 0.2) is 87.6 Å². The van der Waals surface area contributed by atoms with Crippen molar-refractivity contribution in [3.63, 3.8) is 0 Å². The number of phenols is 1. The number of rotatable bonds is 8. The van der Waals surface area contributed by atoms with E-state index in [4.69, 9.17) is 14.4 Å². The van der Waals surface area contributed by atoms with Gasteiger partial charge in [-0.25, -0.2) is 9.98 Å². The Bertz CT molecular complexity index is 1550. The topological polar surface area (TPSA) is 58.6 Å². The lowest BCUT2D eigenvalue weighted by Crippen LogP contribution is -2.06. The van der Waals surface area contributed by atoms with E-state index < -0.39 is 0 Å². The van der Waals surface area contributed by atoms with Crippen LogP contribution < -0.4 is 5.55 Å². The summed E-state index contributed by atoms with van der Waals surface area (Å²) in [6, 6.07) is 24.0. The molecule has 0 aliphatic rings. The second-order valence-electron chi connectivity index (χ2n) is 9.10. The van der Waals surface area contributed by atoms with Gasteiger partial charge in [0, 0.05) is 22.4 Å². The third kappa shape index (κ3) is 5.26. The second-order valence-corrected chi connectivity index (χ2v) is 9.95. The Hall–Kier alpha value is -3.70. The normalized spacial score (nSPS) is 11.9. The number of hydrogen-bond donors (Lipinski definition) is 1. The summed E-state index contributed by atoms with van der Waals surface area (Å²) in [6.45, 7) is 4.24. The van der Waals surface area contributed by atoms with Crippen molar-refractivity contribution in [1.29, 1.82) is 0 Å². The Labute approximate surface area is 215 Å². The molecule has 1 N–H and O–H groups in total. The standard InChI is InChI=1S/C31H30N2O2S/c1-3-4-5-7-15-23-17-24-18-25(31-33-27(20-36-31)22-13-8-6-9-14-22)30(35-29(24)19-28(23)34)32-26-16-11-10-12-21(26)2/h6,8-14,16-20,34H,3-5,7,15H2,1-2H3. The van der Waals surface area contributed by atoms with Crippen LogP contribution in [0.3, 0.4) is 0 Å². The zero-order valence-electron chi connectivity index (χ0n) is 20.7. The van der Waals surface area contributed by atoms with E-state index in [0.29, 0.717) is 11.1 Å². The molecule has 0 saturated heterocycles. The Balaban J connectivity index is 1.64. The molecule has 0 atom stereocenters. The quantitative estimate of drug-likeness (QED) is 0.220. The maximum atomic E-state index is 10.7. The van der Waals surface area contributed by atoms with E-state index in [1.54, 1.807) is 17.4 Å². The van der Waals surface area contributed by atoms with Crippen molar-refractivity contribution < 1.29 is 9.52 Å². The largest absolute Gasteiger partial charge is 0.508 e. The van der Waals surface area contributed by atoms with Gasteiger partial charge in [-0.05, 0) is 49.1 Å². The van der Waals surface area contributed by atoms with Crippen molar-refractivity contribution in [3.8, 4) is 27.6 Å². The van der Waals surface area contributed by atoms with Gasteiger partial charge in [-0.2, -0.15) is 0 Å². The van der Waals surface area contributed by atoms with Gasteiger partial charge in [0.2, 0.25) is 5.55 Å². The first-order valence-electron chi connectivity index (χ1n) is 12.5. The van der Waals surface area contributed by atoms with Gasteiger partial charge in [-0.3, -0.25) is 0 Å². The van der Waals surface area contributed by atoms with Crippen LogP contribution in [0.4, 0.5) is 5.69 Å². The highest BCUT2D eigenvalue weighted by Crippen LogP contribution is 2.32. The molecule has 3 aromatic carbocycles. The van der Waals surface area contributed by atoms with Crippen LogP contribution in [0.2, 0.25) is 0 Å². The van der Waals surface area contributed by atoms with Crippen molar-refractivity contribution >= 4 is 28.0 Å². The number of phenolic OH excluding ortho intramolecular Hbond substituents is 1. The minimum atomic E-state index is 0.276. The van der Waals surface area contributed by atoms with Gasteiger partial charge in [0.1, 0.15) is 16.3 Å². The number of hydrogen-bond acceptors (Lipinski definition) is 5. The molecule has 36 heavy (non-hydrogen) atoms. The van der Waals surface area contributed by atoms with Crippen LogP contribution in [0.5, 0.6) is 5.75 Å². The monoisotopic (exact) mass is 494 g/mol. The molecule has 0 unspecified atom stereocenters.